The fraction of sp³-hybridized carbons (Fsp3) is 0.571. The van der Waals surface area contributed by atoms with Crippen LogP contribution in [-0.2, 0) is 9.57 Å². The fourth-order valence-electron chi connectivity index (χ4n) is 0.463. The van der Waals surface area contributed by atoms with Gasteiger partial charge in [-0.2, -0.15) is 0 Å². The number of rotatable bonds is 6. The second-order valence-corrected chi connectivity index (χ2v) is 1.68. The number of hydrogen-bond acceptors (Lipinski definition) is 4. The van der Waals surface area contributed by atoms with Crippen LogP contribution < -0.4 is 0 Å². The Kier molecular flexibility index (Phi) is 8.41. The lowest BCUT2D eigenvalue weighted by Crippen LogP contribution is -1.90. The highest BCUT2D eigenvalue weighted by Gasteiger charge is 1.75. The molecule has 0 saturated carbocycles. The molecular formula is C7H13NO3. The minimum Gasteiger partial charge on any atom is -0.399 e. The molecule has 4 heteroatoms. The largest absolute Gasteiger partial charge is 0.399 e. The zero-order valence-corrected chi connectivity index (χ0v) is 6.56. The van der Waals surface area contributed by atoms with Gasteiger partial charge < -0.3 is 14.7 Å². The van der Waals surface area contributed by atoms with E-state index < -0.39 is 0 Å². The van der Waals surface area contributed by atoms with Crippen LogP contribution in [0.5, 0.6) is 0 Å². The van der Waals surface area contributed by atoms with E-state index in [1.165, 1.54) is 7.11 Å². The van der Waals surface area contributed by atoms with E-state index in [0.29, 0.717) is 13.0 Å². The third-order valence-corrected chi connectivity index (χ3v) is 0.893. The van der Waals surface area contributed by atoms with Crippen molar-refractivity contribution in [2.24, 2.45) is 5.16 Å². The standard InChI is InChI=1S/C7H13NO3/c1-10-8-5-3-2-4-6-11-7-9/h2,4-5,9H,3,6-7H2,1H3/b4-2?,8-5+. The first-order valence-electron chi connectivity index (χ1n) is 3.30. The van der Waals surface area contributed by atoms with Gasteiger partial charge in [0.2, 0.25) is 0 Å². The molecule has 0 aromatic rings. The van der Waals surface area contributed by atoms with Crippen molar-refractivity contribution in [3.05, 3.63) is 12.2 Å². The first-order valence-corrected chi connectivity index (χ1v) is 3.30. The van der Waals surface area contributed by atoms with E-state index in [4.69, 9.17) is 5.11 Å². The van der Waals surface area contributed by atoms with Crippen molar-refractivity contribution in [1.82, 2.24) is 0 Å². The monoisotopic (exact) mass is 159 g/mol. The van der Waals surface area contributed by atoms with E-state index in [0.717, 1.165) is 0 Å². The van der Waals surface area contributed by atoms with Crippen molar-refractivity contribution in [2.75, 3.05) is 20.5 Å². The van der Waals surface area contributed by atoms with E-state index in [2.05, 4.69) is 14.7 Å². The van der Waals surface area contributed by atoms with Crippen LogP contribution in [0.4, 0.5) is 0 Å². The van der Waals surface area contributed by atoms with Gasteiger partial charge >= 0.3 is 0 Å². The molecule has 0 spiro atoms. The van der Waals surface area contributed by atoms with Crippen molar-refractivity contribution in [1.29, 1.82) is 0 Å². The number of aliphatic hydroxyl groups is 1. The molecule has 4 nitrogen and oxygen atoms in total. The molecule has 1 N–H and O–H groups in total. The number of nitrogens with zero attached hydrogens (tertiary/aromatic N) is 1. The van der Waals surface area contributed by atoms with Gasteiger partial charge in [0, 0.05) is 12.6 Å². The maximum Gasteiger partial charge on any atom is 0.143 e. The average molecular weight is 159 g/mol. The van der Waals surface area contributed by atoms with Gasteiger partial charge in [0.15, 0.2) is 0 Å². The highest BCUT2D eigenvalue weighted by Crippen LogP contribution is 1.80. The molecule has 0 amide bonds. The molecule has 0 aliphatic rings. The number of aliphatic hydroxyl groups excluding tert-OH is 1. The van der Waals surface area contributed by atoms with Crippen LogP contribution in [0.15, 0.2) is 17.3 Å². The lowest BCUT2D eigenvalue weighted by Gasteiger charge is -1.90. The molecule has 0 heterocycles. The van der Waals surface area contributed by atoms with Crippen LogP contribution in [-0.4, -0.2) is 31.8 Å². The minimum absolute atomic E-state index is 0.240. The van der Waals surface area contributed by atoms with Crippen molar-refractivity contribution >= 4 is 6.21 Å². The van der Waals surface area contributed by atoms with Gasteiger partial charge in [0.1, 0.15) is 13.9 Å². The molecule has 64 valence electrons. The maximum atomic E-state index is 8.20. The summed E-state index contributed by atoms with van der Waals surface area (Å²) in [6.45, 7) is 0.188. The van der Waals surface area contributed by atoms with Crippen LogP contribution in [0.25, 0.3) is 0 Å². The van der Waals surface area contributed by atoms with Crippen LogP contribution in [0.1, 0.15) is 6.42 Å². The Balaban J connectivity index is 3.09. The van der Waals surface area contributed by atoms with E-state index in [1.807, 2.05) is 6.08 Å². The van der Waals surface area contributed by atoms with Crippen molar-refractivity contribution in [2.45, 2.75) is 6.42 Å². The summed E-state index contributed by atoms with van der Waals surface area (Å²) in [7, 11) is 1.50. The summed E-state index contributed by atoms with van der Waals surface area (Å²) >= 11 is 0. The molecule has 0 aromatic carbocycles. The van der Waals surface area contributed by atoms with Crippen molar-refractivity contribution in [3.63, 3.8) is 0 Å². The summed E-state index contributed by atoms with van der Waals surface area (Å²) in [5.41, 5.74) is 0. The lowest BCUT2D eigenvalue weighted by molar-refractivity contribution is 0.0131. The number of allylic oxidation sites excluding steroid dienone is 1. The topological polar surface area (TPSA) is 51.0 Å². The molecule has 0 fully saturated rings. The second-order valence-electron chi connectivity index (χ2n) is 1.68. The Morgan fingerprint density at radius 1 is 1.45 bits per heavy atom. The quantitative estimate of drug-likeness (QED) is 0.202. The Hall–Kier alpha value is -0.870. The molecule has 0 radical (unpaired) electrons. The zero-order valence-electron chi connectivity index (χ0n) is 6.56. The molecule has 0 unspecified atom stereocenters. The third kappa shape index (κ3) is 9.13. The minimum atomic E-state index is -0.240. The molecule has 0 aliphatic heterocycles. The Morgan fingerprint density at radius 2 is 2.27 bits per heavy atom. The summed E-state index contributed by atoms with van der Waals surface area (Å²) in [6.07, 6.45) is 6.02. The molecule has 0 aromatic heterocycles. The molecule has 0 saturated heterocycles. The highest BCUT2D eigenvalue weighted by atomic mass is 16.6. The third-order valence-electron chi connectivity index (χ3n) is 0.893. The number of ether oxygens (including phenoxy) is 1. The maximum absolute atomic E-state index is 8.20. The van der Waals surface area contributed by atoms with Crippen LogP contribution in [0.3, 0.4) is 0 Å². The van der Waals surface area contributed by atoms with Gasteiger partial charge in [-0.25, -0.2) is 0 Å². The van der Waals surface area contributed by atoms with Crippen LogP contribution in [0.2, 0.25) is 0 Å². The predicted molar refractivity (Wildman–Crippen MR) is 42.3 cm³/mol. The summed E-state index contributed by atoms with van der Waals surface area (Å²) in [5.74, 6) is 0. The Bertz CT molecular complexity index is 123. The average Bonchev–Trinajstić information content (AvgIpc) is 2.03. The summed E-state index contributed by atoms with van der Waals surface area (Å²) < 4.78 is 4.63. The first kappa shape index (κ1) is 10.1. The Labute approximate surface area is 66.1 Å². The van der Waals surface area contributed by atoms with Crippen molar-refractivity contribution in [3.8, 4) is 0 Å². The van der Waals surface area contributed by atoms with E-state index >= 15 is 0 Å². The van der Waals surface area contributed by atoms with Gasteiger partial charge in [0.05, 0.1) is 6.61 Å². The molecule has 0 atom stereocenters. The summed E-state index contributed by atoms with van der Waals surface area (Å²) in [5, 5.41) is 11.7. The van der Waals surface area contributed by atoms with Crippen LogP contribution in [0, 0.1) is 0 Å². The van der Waals surface area contributed by atoms with Crippen LogP contribution >= 0.6 is 0 Å². The van der Waals surface area contributed by atoms with Crippen molar-refractivity contribution < 1.29 is 14.7 Å². The van der Waals surface area contributed by atoms with E-state index in [-0.39, 0.29) is 6.79 Å². The predicted octanol–water partition coefficient (Wildman–Crippen LogP) is 0.531. The normalized spacial score (nSPS) is 11.5. The smallest absolute Gasteiger partial charge is 0.143 e. The second kappa shape index (κ2) is 9.13. The zero-order chi connectivity index (χ0) is 8.36. The SMILES string of the molecule is CO/N=C/CC=CCOCO. The van der Waals surface area contributed by atoms with E-state index in [1.54, 1.807) is 12.3 Å². The highest BCUT2D eigenvalue weighted by molar-refractivity contribution is 5.58. The number of oxime groups is 1. The summed E-state index contributed by atoms with van der Waals surface area (Å²) in [6, 6.07) is 0. The molecule has 11 heavy (non-hydrogen) atoms. The van der Waals surface area contributed by atoms with Gasteiger partial charge in [-0.3, -0.25) is 0 Å². The lowest BCUT2D eigenvalue weighted by atomic mass is 10.4. The van der Waals surface area contributed by atoms with Gasteiger partial charge in [0.25, 0.3) is 0 Å². The molecule has 0 aliphatic carbocycles. The van der Waals surface area contributed by atoms with Gasteiger partial charge in [-0.15, -0.1) is 0 Å². The molecular weight excluding hydrogens is 146 g/mol. The molecule has 0 bridgehead atoms. The summed E-state index contributed by atoms with van der Waals surface area (Å²) in [4.78, 5) is 4.43. The Morgan fingerprint density at radius 3 is 2.91 bits per heavy atom. The van der Waals surface area contributed by atoms with Gasteiger partial charge in [-0.1, -0.05) is 17.3 Å². The van der Waals surface area contributed by atoms with Gasteiger partial charge in [-0.05, 0) is 0 Å². The number of hydrogen-bond donors (Lipinski definition) is 1. The fourth-order valence-corrected chi connectivity index (χ4v) is 0.463. The first-order chi connectivity index (χ1) is 5.41. The van der Waals surface area contributed by atoms with E-state index in [9.17, 15) is 0 Å². The molecule has 0 rings (SSSR count).